The van der Waals surface area contributed by atoms with Gasteiger partial charge in [-0.05, 0) is 60.5 Å². The molecular weight excluding hydrogens is 413 g/mol. The van der Waals surface area contributed by atoms with Gasteiger partial charge in [0.25, 0.3) is 11.7 Å². The van der Waals surface area contributed by atoms with Crippen molar-refractivity contribution in [2.45, 2.75) is 13.0 Å². The number of anilines is 1. The van der Waals surface area contributed by atoms with Gasteiger partial charge in [0.1, 0.15) is 23.1 Å². The molecule has 1 heterocycles. The normalized spacial score (nSPS) is 17.6. The van der Waals surface area contributed by atoms with Gasteiger partial charge in [-0.2, -0.15) is 0 Å². The highest BCUT2D eigenvalue weighted by Gasteiger charge is 2.47. The molecule has 3 aromatic carbocycles. The molecule has 0 radical (unpaired) electrons. The topological polar surface area (TPSA) is 87.1 Å². The molecule has 0 aliphatic carbocycles. The first-order valence-electron chi connectivity index (χ1n) is 9.82. The summed E-state index contributed by atoms with van der Waals surface area (Å²) in [5.74, 6) is -2.91. The fourth-order valence-corrected chi connectivity index (χ4v) is 3.90. The molecule has 7 heteroatoms. The molecular formula is C25H20FNO5. The van der Waals surface area contributed by atoms with E-state index in [9.17, 15) is 24.2 Å². The molecule has 0 bridgehead atoms. The zero-order valence-electron chi connectivity index (χ0n) is 17.4. The van der Waals surface area contributed by atoms with E-state index in [1.54, 1.807) is 30.3 Å². The molecule has 6 nitrogen and oxygen atoms in total. The number of phenolic OH excluding ortho intramolecular Hbond substituents is 1. The van der Waals surface area contributed by atoms with E-state index in [4.69, 9.17) is 4.74 Å². The Labute approximate surface area is 183 Å². The highest BCUT2D eigenvalue weighted by atomic mass is 19.1. The Morgan fingerprint density at radius 1 is 1.03 bits per heavy atom. The van der Waals surface area contributed by atoms with Crippen molar-refractivity contribution in [3.8, 4) is 11.5 Å². The number of benzene rings is 3. The van der Waals surface area contributed by atoms with Crippen molar-refractivity contribution < 1.29 is 28.9 Å². The van der Waals surface area contributed by atoms with Crippen molar-refractivity contribution in [1.82, 2.24) is 0 Å². The molecule has 4 rings (SSSR count). The summed E-state index contributed by atoms with van der Waals surface area (Å²) in [7, 11) is 1.35. The van der Waals surface area contributed by atoms with Gasteiger partial charge in [-0.3, -0.25) is 14.5 Å². The van der Waals surface area contributed by atoms with Crippen molar-refractivity contribution in [2.75, 3.05) is 12.0 Å². The van der Waals surface area contributed by atoms with Crippen LogP contribution in [-0.2, 0) is 9.59 Å². The molecule has 0 aromatic heterocycles. The fourth-order valence-electron chi connectivity index (χ4n) is 3.90. The maximum atomic E-state index is 14.0. The number of ether oxygens (including phenoxy) is 1. The molecule has 1 aliphatic rings. The van der Waals surface area contributed by atoms with E-state index in [1.807, 2.05) is 13.0 Å². The summed E-state index contributed by atoms with van der Waals surface area (Å²) >= 11 is 0. The molecule has 2 N–H and O–H groups in total. The lowest BCUT2D eigenvalue weighted by molar-refractivity contribution is -0.132. The van der Waals surface area contributed by atoms with Gasteiger partial charge in [0.2, 0.25) is 0 Å². The minimum Gasteiger partial charge on any atom is -0.508 e. The van der Waals surface area contributed by atoms with Crippen LogP contribution in [0.15, 0.2) is 72.3 Å². The number of aliphatic hydroxyl groups excluding tert-OH is 1. The Morgan fingerprint density at radius 2 is 1.78 bits per heavy atom. The SMILES string of the molecule is COc1ccc(F)cc1/C(O)=C1\C(=O)C(=O)N(c2cccc(C)c2)C1c1cccc(O)c1. The van der Waals surface area contributed by atoms with Crippen LogP contribution in [0, 0.1) is 12.7 Å². The number of nitrogens with zero attached hydrogens (tertiary/aromatic N) is 1. The Bertz CT molecular complexity index is 1270. The molecule has 1 aliphatic heterocycles. The summed E-state index contributed by atoms with van der Waals surface area (Å²) in [4.78, 5) is 27.5. The first-order chi connectivity index (χ1) is 15.3. The molecule has 1 unspecified atom stereocenters. The van der Waals surface area contributed by atoms with Crippen molar-refractivity contribution in [2.24, 2.45) is 0 Å². The number of carbonyl (C=O) groups is 2. The largest absolute Gasteiger partial charge is 0.508 e. The Morgan fingerprint density at radius 3 is 2.47 bits per heavy atom. The average molecular weight is 433 g/mol. The van der Waals surface area contributed by atoms with E-state index in [-0.39, 0.29) is 22.6 Å². The van der Waals surface area contributed by atoms with Gasteiger partial charge in [-0.25, -0.2) is 4.39 Å². The second-order valence-electron chi connectivity index (χ2n) is 7.45. The number of halogens is 1. The van der Waals surface area contributed by atoms with Gasteiger partial charge in [-0.15, -0.1) is 0 Å². The molecule has 1 amide bonds. The van der Waals surface area contributed by atoms with Crippen LogP contribution in [0.3, 0.4) is 0 Å². The van der Waals surface area contributed by atoms with Crippen LogP contribution in [0.25, 0.3) is 5.76 Å². The molecule has 0 saturated carbocycles. The number of phenols is 1. The van der Waals surface area contributed by atoms with Crippen molar-refractivity contribution in [3.05, 3.63) is 94.8 Å². The predicted octanol–water partition coefficient (Wildman–Crippen LogP) is 4.47. The van der Waals surface area contributed by atoms with Crippen molar-refractivity contribution >= 4 is 23.1 Å². The van der Waals surface area contributed by atoms with Gasteiger partial charge >= 0.3 is 0 Å². The van der Waals surface area contributed by atoms with Crippen LogP contribution in [-0.4, -0.2) is 29.0 Å². The number of ketones is 1. The van der Waals surface area contributed by atoms with E-state index >= 15 is 0 Å². The zero-order chi connectivity index (χ0) is 23.0. The quantitative estimate of drug-likeness (QED) is 0.360. The number of amides is 1. The minimum atomic E-state index is -1.04. The second kappa shape index (κ2) is 8.19. The van der Waals surface area contributed by atoms with E-state index in [0.29, 0.717) is 11.3 Å². The number of aromatic hydroxyl groups is 1. The standard InChI is InChI=1S/C25H20FNO5/c1-14-5-3-7-17(11-14)27-22(15-6-4-8-18(28)12-15)21(24(30)25(27)31)23(29)19-13-16(26)9-10-20(19)32-2/h3-13,22,28-29H,1-2H3/b23-21+. The molecule has 1 atom stereocenters. The monoisotopic (exact) mass is 433 g/mol. The van der Waals surface area contributed by atoms with Crippen molar-refractivity contribution in [3.63, 3.8) is 0 Å². The third kappa shape index (κ3) is 3.58. The van der Waals surface area contributed by atoms with Crippen molar-refractivity contribution in [1.29, 1.82) is 0 Å². The maximum absolute atomic E-state index is 14.0. The van der Waals surface area contributed by atoms with Gasteiger partial charge in [-0.1, -0.05) is 24.3 Å². The molecule has 162 valence electrons. The summed E-state index contributed by atoms with van der Waals surface area (Å²) in [6.45, 7) is 1.85. The smallest absolute Gasteiger partial charge is 0.300 e. The number of hydrogen-bond donors (Lipinski definition) is 2. The number of rotatable bonds is 4. The lowest BCUT2D eigenvalue weighted by Gasteiger charge is -2.26. The van der Waals surface area contributed by atoms with Crippen LogP contribution >= 0.6 is 0 Å². The minimum absolute atomic E-state index is 0.0557. The molecule has 3 aromatic rings. The first kappa shape index (κ1) is 21.1. The summed E-state index contributed by atoms with van der Waals surface area (Å²) in [6, 6.07) is 15.6. The number of hydrogen-bond acceptors (Lipinski definition) is 5. The molecule has 1 saturated heterocycles. The lowest BCUT2D eigenvalue weighted by atomic mass is 9.94. The number of aryl methyl sites for hydroxylation is 1. The average Bonchev–Trinajstić information content (AvgIpc) is 3.04. The Kier molecular flexibility index (Phi) is 5.40. The van der Waals surface area contributed by atoms with Gasteiger partial charge in [0, 0.05) is 5.69 Å². The maximum Gasteiger partial charge on any atom is 0.300 e. The summed E-state index contributed by atoms with van der Waals surface area (Å²) < 4.78 is 19.2. The van der Waals surface area contributed by atoms with E-state index in [1.165, 1.54) is 30.2 Å². The summed E-state index contributed by atoms with van der Waals surface area (Å²) in [6.07, 6.45) is 0. The molecule has 0 spiro atoms. The van der Waals surface area contributed by atoms with Crippen LogP contribution in [0.2, 0.25) is 0 Å². The molecule has 1 fully saturated rings. The van der Waals surface area contributed by atoms with Crippen LogP contribution in [0.1, 0.15) is 22.7 Å². The number of aliphatic hydroxyl groups is 1. The van der Waals surface area contributed by atoms with E-state index in [0.717, 1.165) is 17.7 Å². The number of methoxy groups -OCH3 is 1. The number of Topliss-reactive ketones (excluding diaryl/α,β-unsaturated/α-hetero) is 1. The van der Waals surface area contributed by atoms with Gasteiger partial charge in [0.15, 0.2) is 0 Å². The Balaban J connectivity index is 2.00. The zero-order valence-corrected chi connectivity index (χ0v) is 17.4. The Hall–Kier alpha value is -4.13. The third-order valence-electron chi connectivity index (χ3n) is 5.33. The highest BCUT2D eigenvalue weighted by Crippen LogP contribution is 2.44. The summed E-state index contributed by atoms with van der Waals surface area (Å²) in [5, 5.41) is 21.2. The fraction of sp³-hybridized carbons (Fsp3) is 0.120. The second-order valence-corrected chi connectivity index (χ2v) is 7.45. The van der Waals surface area contributed by atoms with Gasteiger partial charge in [0.05, 0.1) is 24.3 Å². The van der Waals surface area contributed by atoms with E-state index in [2.05, 4.69) is 0 Å². The van der Waals surface area contributed by atoms with Crippen LogP contribution in [0.4, 0.5) is 10.1 Å². The summed E-state index contributed by atoms with van der Waals surface area (Å²) in [5.41, 5.74) is 1.44. The molecule has 32 heavy (non-hydrogen) atoms. The van der Waals surface area contributed by atoms with Crippen LogP contribution < -0.4 is 9.64 Å². The van der Waals surface area contributed by atoms with Crippen LogP contribution in [0.5, 0.6) is 11.5 Å². The lowest BCUT2D eigenvalue weighted by Crippen LogP contribution is -2.29. The first-order valence-corrected chi connectivity index (χ1v) is 9.82. The van der Waals surface area contributed by atoms with Gasteiger partial charge < -0.3 is 14.9 Å². The van der Waals surface area contributed by atoms with E-state index < -0.39 is 29.3 Å². The number of carbonyl (C=O) groups excluding carboxylic acids is 2. The highest BCUT2D eigenvalue weighted by molar-refractivity contribution is 6.51. The predicted molar refractivity (Wildman–Crippen MR) is 117 cm³/mol. The third-order valence-corrected chi connectivity index (χ3v) is 5.33.